The van der Waals surface area contributed by atoms with Crippen LogP contribution in [-0.2, 0) is 4.79 Å². The first-order valence-electron chi connectivity index (χ1n) is 7.66. The lowest BCUT2D eigenvalue weighted by Gasteiger charge is -2.14. The van der Waals surface area contributed by atoms with Crippen LogP contribution >= 0.6 is 0 Å². The molecule has 0 spiro atoms. The van der Waals surface area contributed by atoms with Crippen LogP contribution in [0.15, 0.2) is 36.0 Å². The van der Waals surface area contributed by atoms with Gasteiger partial charge < -0.3 is 15.7 Å². The predicted molar refractivity (Wildman–Crippen MR) is 85.1 cm³/mol. The van der Waals surface area contributed by atoms with Crippen LogP contribution in [-0.4, -0.2) is 17.1 Å². The third-order valence-electron chi connectivity index (χ3n) is 3.81. The molecule has 0 aromatic heterocycles. The molecule has 1 aromatic rings. The van der Waals surface area contributed by atoms with Gasteiger partial charge in [-0.05, 0) is 37.1 Å². The molecule has 0 saturated heterocycles. The van der Waals surface area contributed by atoms with Crippen molar-refractivity contribution in [3.63, 3.8) is 0 Å². The van der Waals surface area contributed by atoms with Crippen LogP contribution < -0.4 is 10.6 Å². The van der Waals surface area contributed by atoms with Crippen LogP contribution in [0.4, 0.5) is 5.69 Å². The summed E-state index contributed by atoms with van der Waals surface area (Å²) in [5.74, 6) is -0.321. The summed E-state index contributed by atoms with van der Waals surface area (Å²) in [6.07, 6.45) is 8.57. The Labute approximate surface area is 130 Å². The van der Waals surface area contributed by atoms with Crippen LogP contribution in [0.3, 0.4) is 0 Å². The summed E-state index contributed by atoms with van der Waals surface area (Å²) >= 11 is 0. The van der Waals surface area contributed by atoms with Crippen LogP contribution in [0.5, 0.6) is 5.75 Å². The maximum Gasteiger partial charge on any atom is 0.267 e. The second-order valence-electron chi connectivity index (χ2n) is 5.53. The highest BCUT2D eigenvalue weighted by Crippen LogP contribution is 2.17. The molecule has 3 N–H and O–H groups in total. The molecular formula is C17H21N3O2. The largest absolute Gasteiger partial charge is 0.508 e. The van der Waals surface area contributed by atoms with Gasteiger partial charge in [-0.1, -0.05) is 25.7 Å². The lowest BCUT2D eigenvalue weighted by atomic mass is 10.1. The van der Waals surface area contributed by atoms with Crippen LogP contribution in [0, 0.1) is 11.3 Å². The third kappa shape index (κ3) is 4.81. The number of amides is 1. The average molecular weight is 299 g/mol. The maximum atomic E-state index is 12.1. The molecule has 0 heterocycles. The number of nitrogens with zero attached hydrogens (tertiary/aromatic N) is 1. The molecule has 1 fully saturated rings. The standard InChI is InChI=1S/C17H21N3O2/c18-11-13(12-19-14-5-3-1-2-4-6-14)17(22)20-15-7-9-16(21)10-8-15/h7-10,12,14,19,21H,1-6H2,(H,20,22)/b13-12-. The Kier molecular flexibility index (Phi) is 5.84. The van der Waals surface area contributed by atoms with Gasteiger partial charge in [0, 0.05) is 17.9 Å². The van der Waals surface area contributed by atoms with Crippen molar-refractivity contribution < 1.29 is 9.90 Å². The van der Waals surface area contributed by atoms with Crippen molar-refractivity contribution in [2.75, 3.05) is 5.32 Å². The monoisotopic (exact) mass is 299 g/mol. The molecule has 0 radical (unpaired) electrons. The number of carbonyl (C=O) groups excluding carboxylic acids is 1. The van der Waals surface area contributed by atoms with E-state index in [-0.39, 0.29) is 11.3 Å². The average Bonchev–Trinajstić information content (AvgIpc) is 2.79. The highest BCUT2D eigenvalue weighted by molar-refractivity contribution is 6.06. The zero-order valence-electron chi connectivity index (χ0n) is 12.5. The van der Waals surface area contributed by atoms with E-state index in [4.69, 9.17) is 5.26 Å². The summed E-state index contributed by atoms with van der Waals surface area (Å²) in [4.78, 5) is 12.1. The number of nitrogens with one attached hydrogen (secondary N) is 2. The fraction of sp³-hybridized carbons (Fsp3) is 0.412. The van der Waals surface area contributed by atoms with E-state index < -0.39 is 5.91 Å². The molecule has 0 aliphatic heterocycles. The van der Waals surface area contributed by atoms with E-state index in [1.54, 1.807) is 12.1 Å². The van der Waals surface area contributed by atoms with Gasteiger partial charge >= 0.3 is 0 Å². The summed E-state index contributed by atoms with van der Waals surface area (Å²) in [6.45, 7) is 0. The van der Waals surface area contributed by atoms with E-state index in [0.29, 0.717) is 11.7 Å². The molecule has 2 rings (SSSR count). The predicted octanol–water partition coefficient (Wildman–Crippen LogP) is 3.05. The molecule has 116 valence electrons. The number of phenolic OH excluding ortho intramolecular Hbond substituents is 1. The van der Waals surface area contributed by atoms with E-state index in [9.17, 15) is 9.90 Å². The number of aromatic hydroxyl groups is 1. The van der Waals surface area contributed by atoms with Gasteiger partial charge in [0.15, 0.2) is 0 Å². The minimum absolute atomic E-state index is 0.0531. The molecule has 5 nitrogen and oxygen atoms in total. The number of phenols is 1. The fourth-order valence-corrected chi connectivity index (χ4v) is 2.54. The number of hydrogen-bond donors (Lipinski definition) is 3. The number of carbonyl (C=O) groups is 1. The lowest BCUT2D eigenvalue weighted by molar-refractivity contribution is -0.112. The normalized spacial score (nSPS) is 16.4. The zero-order valence-corrected chi connectivity index (χ0v) is 12.5. The van der Waals surface area contributed by atoms with Crippen molar-refractivity contribution in [3.8, 4) is 11.8 Å². The summed E-state index contributed by atoms with van der Waals surface area (Å²) < 4.78 is 0. The molecule has 1 aliphatic rings. The summed E-state index contributed by atoms with van der Waals surface area (Å²) in [5, 5.41) is 24.2. The number of anilines is 1. The first kappa shape index (κ1) is 15.9. The third-order valence-corrected chi connectivity index (χ3v) is 3.81. The van der Waals surface area contributed by atoms with Crippen molar-refractivity contribution in [2.45, 2.75) is 44.6 Å². The highest BCUT2D eigenvalue weighted by Gasteiger charge is 2.13. The molecule has 22 heavy (non-hydrogen) atoms. The maximum absolute atomic E-state index is 12.1. The van der Waals surface area contributed by atoms with Gasteiger partial charge in [-0.25, -0.2) is 0 Å². The summed E-state index contributed by atoms with van der Waals surface area (Å²) in [6, 6.07) is 8.40. The Bertz CT molecular complexity index is 565. The Balaban J connectivity index is 1.94. The van der Waals surface area contributed by atoms with Crippen molar-refractivity contribution in [3.05, 3.63) is 36.0 Å². The topological polar surface area (TPSA) is 85.2 Å². The molecule has 0 bridgehead atoms. The molecule has 1 saturated carbocycles. The Morgan fingerprint density at radius 3 is 2.41 bits per heavy atom. The van der Waals surface area contributed by atoms with E-state index in [1.165, 1.54) is 44.0 Å². The Hall–Kier alpha value is -2.48. The van der Waals surface area contributed by atoms with Crippen molar-refractivity contribution >= 4 is 11.6 Å². The van der Waals surface area contributed by atoms with Gasteiger partial charge in [-0.3, -0.25) is 4.79 Å². The quantitative estimate of drug-likeness (QED) is 0.345. The Morgan fingerprint density at radius 1 is 1.18 bits per heavy atom. The van der Waals surface area contributed by atoms with E-state index in [2.05, 4.69) is 10.6 Å². The van der Waals surface area contributed by atoms with Gasteiger partial charge in [0.05, 0.1) is 0 Å². The first-order valence-corrected chi connectivity index (χ1v) is 7.66. The van der Waals surface area contributed by atoms with Crippen LogP contribution in [0.25, 0.3) is 0 Å². The van der Waals surface area contributed by atoms with E-state index >= 15 is 0 Å². The molecule has 5 heteroatoms. The summed E-state index contributed by atoms with van der Waals surface area (Å²) in [5.41, 5.74) is 0.593. The van der Waals surface area contributed by atoms with Gasteiger partial charge in [-0.15, -0.1) is 0 Å². The highest BCUT2D eigenvalue weighted by atomic mass is 16.3. The zero-order chi connectivity index (χ0) is 15.8. The smallest absolute Gasteiger partial charge is 0.267 e. The molecule has 0 atom stereocenters. The summed E-state index contributed by atoms with van der Waals surface area (Å²) in [7, 11) is 0. The van der Waals surface area contributed by atoms with Crippen LogP contribution in [0.2, 0.25) is 0 Å². The van der Waals surface area contributed by atoms with Crippen molar-refractivity contribution in [1.29, 1.82) is 5.26 Å². The lowest BCUT2D eigenvalue weighted by Crippen LogP contribution is -2.25. The number of nitriles is 1. The molecule has 1 aromatic carbocycles. The molecule has 0 unspecified atom stereocenters. The molecular weight excluding hydrogens is 278 g/mol. The SMILES string of the molecule is N#C/C(=C/NC1CCCCCC1)C(=O)Nc1ccc(O)cc1. The second-order valence-corrected chi connectivity index (χ2v) is 5.53. The van der Waals surface area contributed by atoms with Gasteiger partial charge in [-0.2, -0.15) is 5.26 Å². The van der Waals surface area contributed by atoms with Crippen molar-refractivity contribution in [1.82, 2.24) is 5.32 Å². The molecule has 1 aliphatic carbocycles. The van der Waals surface area contributed by atoms with Crippen molar-refractivity contribution in [2.24, 2.45) is 0 Å². The van der Waals surface area contributed by atoms with Gasteiger partial charge in [0.25, 0.3) is 5.91 Å². The molecule has 1 amide bonds. The van der Waals surface area contributed by atoms with Gasteiger partial charge in [0.2, 0.25) is 0 Å². The second kappa shape index (κ2) is 8.08. The number of hydrogen-bond acceptors (Lipinski definition) is 4. The minimum Gasteiger partial charge on any atom is -0.508 e. The van der Waals surface area contributed by atoms with Crippen LogP contribution in [0.1, 0.15) is 38.5 Å². The minimum atomic E-state index is -0.450. The number of benzene rings is 1. The Morgan fingerprint density at radius 2 is 1.82 bits per heavy atom. The first-order chi connectivity index (χ1) is 10.7. The fourth-order valence-electron chi connectivity index (χ4n) is 2.54. The van der Waals surface area contributed by atoms with Gasteiger partial charge in [0.1, 0.15) is 17.4 Å². The van der Waals surface area contributed by atoms with E-state index in [0.717, 1.165) is 12.8 Å². The number of rotatable bonds is 4. The van der Waals surface area contributed by atoms with E-state index in [1.807, 2.05) is 6.07 Å².